The van der Waals surface area contributed by atoms with Crippen LogP contribution in [0.15, 0.2) is 83.2 Å². The third kappa shape index (κ3) is 5.63. The fourth-order valence-electron chi connectivity index (χ4n) is 4.54. The van der Waals surface area contributed by atoms with Crippen molar-refractivity contribution in [3.8, 4) is 0 Å². The molecule has 1 atom stereocenters. The molecule has 1 aromatic heterocycles. The van der Waals surface area contributed by atoms with E-state index >= 15 is 0 Å². The van der Waals surface area contributed by atoms with Crippen molar-refractivity contribution in [2.75, 3.05) is 16.4 Å². The number of hydrogen-bond acceptors (Lipinski definition) is 6. The van der Waals surface area contributed by atoms with Crippen molar-refractivity contribution in [2.24, 2.45) is 0 Å². The first-order valence-electron chi connectivity index (χ1n) is 12.5. The minimum atomic E-state index is -0.651. The summed E-state index contributed by atoms with van der Waals surface area (Å²) in [6.07, 6.45) is 0. The molecule has 0 fully saturated rings. The molecule has 1 aliphatic rings. The minimum Gasteiger partial charge on any atom is -0.328 e. The van der Waals surface area contributed by atoms with E-state index < -0.39 is 6.04 Å². The minimum absolute atomic E-state index is 0.0290. The van der Waals surface area contributed by atoms with E-state index in [-0.39, 0.29) is 23.3 Å². The van der Waals surface area contributed by atoms with Gasteiger partial charge in [0.1, 0.15) is 11.9 Å². The van der Waals surface area contributed by atoms with Crippen LogP contribution in [0.4, 0.5) is 16.0 Å². The highest BCUT2D eigenvalue weighted by Crippen LogP contribution is 2.37. The zero-order chi connectivity index (χ0) is 27.7. The molecule has 1 amide bonds. The van der Waals surface area contributed by atoms with Gasteiger partial charge in [-0.25, -0.2) is 9.07 Å². The topological polar surface area (TPSA) is 88.9 Å². The SMILES string of the molecule is CC1=C(C(=O)Nc2ccc(C)cc2C)[C@H](c2ccc(F)cc2)n2nc(SCC(=O)c3ccc(C)cc3)nc2N1. The third-order valence-electron chi connectivity index (χ3n) is 6.60. The van der Waals surface area contributed by atoms with E-state index in [2.05, 4.69) is 20.7 Å². The lowest BCUT2D eigenvalue weighted by Gasteiger charge is -2.28. The number of carbonyl (C=O) groups is 2. The summed E-state index contributed by atoms with van der Waals surface area (Å²) in [6, 6.07) is 18.6. The molecule has 5 rings (SSSR count). The third-order valence-corrected chi connectivity index (χ3v) is 7.44. The number of anilines is 2. The van der Waals surface area contributed by atoms with Crippen LogP contribution in [0, 0.1) is 26.6 Å². The number of fused-ring (bicyclic) bond motifs is 1. The number of allylic oxidation sites excluding steroid dienone is 1. The summed E-state index contributed by atoms with van der Waals surface area (Å²) in [5.74, 6) is -0.0976. The number of aryl methyl sites for hydroxylation is 3. The van der Waals surface area contributed by atoms with Gasteiger partial charge in [0.2, 0.25) is 11.1 Å². The van der Waals surface area contributed by atoms with Crippen LogP contribution in [0.3, 0.4) is 0 Å². The lowest BCUT2D eigenvalue weighted by atomic mass is 9.95. The van der Waals surface area contributed by atoms with Crippen LogP contribution in [0.1, 0.15) is 45.6 Å². The number of nitrogens with zero attached hydrogens (tertiary/aromatic N) is 3. The number of carbonyl (C=O) groups excluding carboxylic acids is 2. The Hall–Kier alpha value is -4.24. The molecule has 2 heterocycles. The first kappa shape index (κ1) is 26.4. The Morgan fingerprint density at radius 2 is 1.67 bits per heavy atom. The lowest BCUT2D eigenvalue weighted by molar-refractivity contribution is -0.113. The molecular formula is C30H28FN5O2S. The van der Waals surface area contributed by atoms with Crippen LogP contribution in [-0.2, 0) is 4.79 Å². The van der Waals surface area contributed by atoms with E-state index in [0.717, 1.165) is 16.7 Å². The maximum Gasteiger partial charge on any atom is 0.255 e. The number of halogens is 1. The molecular weight excluding hydrogens is 513 g/mol. The van der Waals surface area contributed by atoms with Gasteiger partial charge in [0.25, 0.3) is 5.91 Å². The van der Waals surface area contributed by atoms with Crippen LogP contribution in [0.2, 0.25) is 0 Å². The second-order valence-corrected chi connectivity index (χ2v) is 10.6. The van der Waals surface area contributed by atoms with Gasteiger partial charge in [0.05, 0.1) is 11.3 Å². The van der Waals surface area contributed by atoms with Crippen molar-refractivity contribution in [1.82, 2.24) is 14.8 Å². The van der Waals surface area contributed by atoms with Crippen molar-refractivity contribution in [3.05, 3.63) is 112 Å². The van der Waals surface area contributed by atoms with E-state index in [9.17, 15) is 14.0 Å². The van der Waals surface area contributed by atoms with Crippen LogP contribution < -0.4 is 10.6 Å². The second kappa shape index (κ2) is 10.9. The Labute approximate surface area is 230 Å². The average Bonchev–Trinajstić information content (AvgIpc) is 3.31. The summed E-state index contributed by atoms with van der Waals surface area (Å²) < 4.78 is 15.4. The molecule has 0 bridgehead atoms. The summed E-state index contributed by atoms with van der Waals surface area (Å²) in [6.45, 7) is 7.72. The van der Waals surface area contributed by atoms with E-state index in [4.69, 9.17) is 0 Å². The highest BCUT2D eigenvalue weighted by Gasteiger charge is 2.34. The summed E-state index contributed by atoms with van der Waals surface area (Å²) in [4.78, 5) is 31.0. The van der Waals surface area contributed by atoms with Gasteiger partial charge in [-0.3, -0.25) is 9.59 Å². The van der Waals surface area contributed by atoms with Crippen molar-refractivity contribution < 1.29 is 14.0 Å². The molecule has 4 aromatic rings. The van der Waals surface area contributed by atoms with Gasteiger partial charge in [-0.2, -0.15) is 4.98 Å². The molecule has 3 aromatic carbocycles. The number of nitrogens with one attached hydrogen (secondary N) is 2. The number of amides is 1. The molecule has 39 heavy (non-hydrogen) atoms. The molecule has 0 radical (unpaired) electrons. The average molecular weight is 542 g/mol. The molecule has 1 aliphatic heterocycles. The number of Topliss-reactive ketones (excluding diaryl/α,β-unsaturated/α-hetero) is 1. The summed E-state index contributed by atoms with van der Waals surface area (Å²) >= 11 is 1.23. The molecule has 0 saturated carbocycles. The van der Waals surface area contributed by atoms with E-state index in [1.165, 1.54) is 23.9 Å². The number of thioether (sulfide) groups is 1. The molecule has 2 N–H and O–H groups in total. The Kier molecular flexibility index (Phi) is 7.34. The number of rotatable bonds is 7. The number of hydrogen-bond donors (Lipinski definition) is 2. The van der Waals surface area contributed by atoms with Gasteiger partial charge in [0, 0.05) is 16.9 Å². The molecule has 0 spiro atoms. The lowest BCUT2D eigenvalue weighted by Crippen LogP contribution is -2.31. The van der Waals surface area contributed by atoms with E-state index in [0.29, 0.717) is 39.2 Å². The molecule has 198 valence electrons. The molecule has 0 saturated heterocycles. The normalized spacial score (nSPS) is 14.5. The fraction of sp³-hybridized carbons (Fsp3) is 0.200. The smallest absolute Gasteiger partial charge is 0.255 e. The van der Waals surface area contributed by atoms with Gasteiger partial charge in [-0.15, -0.1) is 5.10 Å². The maximum atomic E-state index is 13.8. The van der Waals surface area contributed by atoms with Crippen LogP contribution >= 0.6 is 11.8 Å². The number of benzene rings is 3. The zero-order valence-corrected chi connectivity index (χ0v) is 22.9. The van der Waals surface area contributed by atoms with Gasteiger partial charge in [-0.05, 0) is 57.0 Å². The highest BCUT2D eigenvalue weighted by atomic mass is 32.2. The van der Waals surface area contributed by atoms with Crippen molar-refractivity contribution in [2.45, 2.75) is 38.9 Å². The van der Waals surface area contributed by atoms with E-state index in [1.807, 2.05) is 63.2 Å². The largest absolute Gasteiger partial charge is 0.328 e. The predicted molar refractivity (Wildman–Crippen MR) is 152 cm³/mol. The highest BCUT2D eigenvalue weighted by molar-refractivity contribution is 7.99. The first-order chi connectivity index (χ1) is 18.7. The van der Waals surface area contributed by atoms with Crippen molar-refractivity contribution in [3.63, 3.8) is 0 Å². The Bertz CT molecular complexity index is 1590. The Balaban J connectivity index is 1.45. The fourth-order valence-corrected chi connectivity index (χ4v) is 5.26. The predicted octanol–water partition coefficient (Wildman–Crippen LogP) is 6.25. The summed E-state index contributed by atoms with van der Waals surface area (Å²) in [7, 11) is 0. The quantitative estimate of drug-likeness (QED) is 0.213. The zero-order valence-electron chi connectivity index (χ0n) is 22.1. The van der Waals surface area contributed by atoms with Gasteiger partial charge in [0.15, 0.2) is 5.78 Å². The Morgan fingerprint density at radius 1 is 0.974 bits per heavy atom. The standard InChI is InChI=1S/C30H28FN5O2S/c1-17-5-8-21(9-6-17)25(37)16-39-30-34-29-32-20(4)26(28(38)33-24-14-7-18(2)15-19(24)3)27(36(29)35-30)22-10-12-23(31)13-11-22/h5-15,27H,16H2,1-4H3,(H,33,38)(H,32,34,35)/t27-/m0/s1. The van der Waals surface area contributed by atoms with Crippen LogP contribution in [0.25, 0.3) is 0 Å². The number of aromatic nitrogens is 3. The molecule has 9 heteroatoms. The maximum absolute atomic E-state index is 13.8. The van der Waals surface area contributed by atoms with Crippen molar-refractivity contribution >= 4 is 35.1 Å². The van der Waals surface area contributed by atoms with Crippen molar-refractivity contribution in [1.29, 1.82) is 0 Å². The van der Waals surface area contributed by atoms with Crippen LogP contribution in [-0.4, -0.2) is 32.2 Å². The summed E-state index contributed by atoms with van der Waals surface area (Å²) in [5.41, 5.74) is 6.19. The number of ketones is 1. The monoisotopic (exact) mass is 541 g/mol. The van der Waals surface area contributed by atoms with Gasteiger partial charge in [-0.1, -0.05) is 71.4 Å². The van der Waals surface area contributed by atoms with Gasteiger partial charge >= 0.3 is 0 Å². The first-order valence-corrected chi connectivity index (χ1v) is 13.5. The summed E-state index contributed by atoms with van der Waals surface area (Å²) in [5, 5.41) is 11.3. The van der Waals surface area contributed by atoms with Crippen LogP contribution in [0.5, 0.6) is 0 Å². The van der Waals surface area contributed by atoms with E-state index in [1.54, 1.807) is 23.7 Å². The molecule has 0 aliphatic carbocycles. The second-order valence-electron chi connectivity index (χ2n) is 9.63. The molecule has 0 unspecified atom stereocenters. The molecule has 7 nitrogen and oxygen atoms in total. The van der Waals surface area contributed by atoms with Gasteiger partial charge < -0.3 is 10.6 Å². The Morgan fingerprint density at radius 3 is 2.36 bits per heavy atom.